The Bertz CT molecular complexity index is 311. The van der Waals surface area contributed by atoms with E-state index in [1.54, 1.807) is 0 Å². The van der Waals surface area contributed by atoms with Crippen molar-refractivity contribution in [2.24, 2.45) is 0 Å². The molecule has 0 saturated heterocycles. The Labute approximate surface area is 103 Å². The SMILES string of the molecule is [CH2]CCCCCC(=O)NOCc1ccccc1. The average molecular weight is 234 g/mol. The molecule has 0 aliphatic heterocycles. The largest absolute Gasteiger partial charge is 0.273 e. The number of unbranched alkanes of at least 4 members (excludes halogenated alkanes) is 3. The number of amides is 1. The minimum Gasteiger partial charge on any atom is -0.273 e. The topological polar surface area (TPSA) is 38.3 Å². The van der Waals surface area contributed by atoms with Crippen LogP contribution in [0.1, 0.15) is 37.7 Å². The molecular weight excluding hydrogens is 214 g/mol. The van der Waals surface area contributed by atoms with Crippen LogP contribution in [0.5, 0.6) is 0 Å². The predicted molar refractivity (Wildman–Crippen MR) is 67.8 cm³/mol. The summed E-state index contributed by atoms with van der Waals surface area (Å²) in [5.41, 5.74) is 3.50. The molecule has 0 spiro atoms. The van der Waals surface area contributed by atoms with Crippen LogP contribution in [0.3, 0.4) is 0 Å². The molecule has 0 aliphatic rings. The van der Waals surface area contributed by atoms with E-state index in [9.17, 15) is 4.79 Å². The molecule has 0 aliphatic carbocycles. The van der Waals surface area contributed by atoms with Crippen LogP contribution in [-0.2, 0) is 16.2 Å². The molecule has 3 nitrogen and oxygen atoms in total. The van der Waals surface area contributed by atoms with Crippen molar-refractivity contribution in [3.63, 3.8) is 0 Å². The first-order valence-electron chi connectivity index (χ1n) is 6.06. The fourth-order valence-corrected chi connectivity index (χ4v) is 1.46. The molecule has 0 aromatic heterocycles. The summed E-state index contributed by atoms with van der Waals surface area (Å²) in [5.74, 6) is -0.0509. The lowest BCUT2D eigenvalue weighted by Crippen LogP contribution is -2.23. The van der Waals surface area contributed by atoms with Gasteiger partial charge >= 0.3 is 0 Å². The third kappa shape index (κ3) is 6.74. The minimum atomic E-state index is -0.0509. The van der Waals surface area contributed by atoms with Crippen LogP contribution >= 0.6 is 0 Å². The van der Waals surface area contributed by atoms with E-state index in [1.165, 1.54) is 0 Å². The highest BCUT2D eigenvalue weighted by Crippen LogP contribution is 2.02. The van der Waals surface area contributed by atoms with Crippen LogP contribution in [0.25, 0.3) is 0 Å². The van der Waals surface area contributed by atoms with Gasteiger partial charge in [0, 0.05) is 6.42 Å². The van der Waals surface area contributed by atoms with Crippen molar-refractivity contribution in [2.75, 3.05) is 0 Å². The van der Waals surface area contributed by atoms with Gasteiger partial charge in [0.25, 0.3) is 0 Å². The van der Waals surface area contributed by atoms with E-state index < -0.39 is 0 Å². The molecule has 1 N–H and O–H groups in total. The summed E-state index contributed by atoms with van der Waals surface area (Å²) in [4.78, 5) is 16.5. The number of carbonyl (C=O) groups excluding carboxylic acids is 1. The van der Waals surface area contributed by atoms with Gasteiger partial charge in [-0.1, -0.05) is 56.5 Å². The number of carbonyl (C=O) groups is 1. The van der Waals surface area contributed by atoms with E-state index in [2.05, 4.69) is 12.4 Å². The summed E-state index contributed by atoms with van der Waals surface area (Å²) < 4.78 is 0. The van der Waals surface area contributed by atoms with E-state index in [-0.39, 0.29) is 5.91 Å². The molecule has 93 valence electrons. The van der Waals surface area contributed by atoms with E-state index >= 15 is 0 Å². The molecule has 0 saturated carbocycles. The van der Waals surface area contributed by atoms with Crippen LogP contribution in [0, 0.1) is 6.92 Å². The molecule has 1 rings (SSSR count). The number of hydrogen-bond acceptors (Lipinski definition) is 2. The van der Waals surface area contributed by atoms with Crippen LogP contribution in [0.15, 0.2) is 30.3 Å². The number of hydroxylamine groups is 1. The molecule has 0 unspecified atom stereocenters. The summed E-state index contributed by atoms with van der Waals surface area (Å²) >= 11 is 0. The highest BCUT2D eigenvalue weighted by molar-refractivity contribution is 5.74. The summed E-state index contributed by atoms with van der Waals surface area (Å²) in [6.07, 6.45) is 4.49. The standard InChI is InChI=1S/C14H20NO2/c1-2-3-4-8-11-14(16)15-17-12-13-9-6-5-7-10-13/h5-7,9-10H,1-4,8,11-12H2,(H,15,16). The Morgan fingerprint density at radius 3 is 2.65 bits per heavy atom. The minimum absolute atomic E-state index is 0.0509. The molecular formula is C14H20NO2. The van der Waals surface area contributed by atoms with Crippen LogP contribution in [-0.4, -0.2) is 5.91 Å². The molecule has 3 heteroatoms. The van der Waals surface area contributed by atoms with E-state index in [1.807, 2.05) is 30.3 Å². The maximum atomic E-state index is 11.3. The van der Waals surface area contributed by atoms with Gasteiger partial charge in [-0.15, -0.1) is 0 Å². The monoisotopic (exact) mass is 234 g/mol. The molecule has 0 heterocycles. The van der Waals surface area contributed by atoms with Gasteiger partial charge in [0.2, 0.25) is 5.91 Å². The zero-order chi connectivity index (χ0) is 12.3. The predicted octanol–water partition coefficient (Wildman–Crippen LogP) is 3.02. The molecule has 1 aromatic rings. The van der Waals surface area contributed by atoms with Crippen molar-refractivity contribution in [3.8, 4) is 0 Å². The number of nitrogens with one attached hydrogen (secondary N) is 1. The summed E-state index contributed by atoms with van der Waals surface area (Å²) in [6.45, 7) is 4.17. The fourth-order valence-electron chi connectivity index (χ4n) is 1.46. The van der Waals surface area contributed by atoms with E-state index in [0.29, 0.717) is 13.0 Å². The average Bonchev–Trinajstić information content (AvgIpc) is 2.36. The third-order valence-electron chi connectivity index (χ3n) is 2.42. The zero-order valence-electron chi connectivity index (χ0n) is 10.2. The first-order valence-corrected chi connectivity index (χ1v) is 6.06. The molecule has 1 amide bonds. The van der Waals surface area contributed by atoms with Gasteiger partial charge in [-0.3, -0.25) is 9.63 Å². The molecule has 1 radical (unpaired) electrons. The molecule has 0 atom stereocenters. The normalized spacial score (nSPS) is 10.2. The lowest BCUT2D eigenvalue weighted by molar-refractivity contribution is -0.134. The summed E-state index contributed by atoms with van der Waals surface area (Å²) in [7, 11) is 0. The lowest BCUT2D eigenvalue weighted by Gasteiger charge is -2.05. The van der Waals surface area contributed by atoms with Gasteiger partial charge in [0.05, 0.1) is 6.61 Å². The number of benzene rings is 1. The Balaban J connectivity index is 2.04. The maximum absolute atomic E-state index is 11.3. The maximum Gasteiger partial charge on any atom is 0.243 e. The molecule has 0 fully saturated rings. The zero-order valence-corrected chi connectivity index (χ0v) is 10.2. The first kappa shape index (κ1) is 13.7. The van der Waals surface area contributed by atoms with E-state index in [4.69, 9.17) is 4.84 Å². The number of rotatable bonds is 8. The van der Waals surface area contributed by atoms with Crippen molar-refractivity contribution >= 4 is 5.91 Å². The summed E-state index contributed by atoms with van der Waals surface area (Å²) in [5, 5.41) is 0. The second-order valence-electron chi connectivity index (χ2n) is 3.96. The highest BCUT2D eigenvalue weighted by Gasteiger charge is 2.00. The summed E-state index contributed by atoms with van der Waals surface area (Å²) in [6, 6.07) is 9.75. The lowest BCUT2D eigenvalue weighted by atomic mass is 10.1. The van der Waals surface area contributed by atoms with Crippen molar-refractivity contribution in [1.29, 1.82) is 0 Å². The third-order valence-corrected chi connectivity index (χ3v) is 2.42. The highest BCUT2D eigenvalue weighted by atomic mass is 16.6. The second-order valence-corrected chi connectivity index (χ2v) is 3.96. The quantitative estimate of drug-likeness (QED) is 0.554. The Morgan fingerprint density at radius 2 is 1.94 bits per heavy atom. The fraction of sp³-hybridized carbons (Fsp3) is 0.429. The molecule has 1 aromatic carbocycles. The van der Waals surface area contributed by atoms with Crippen molar-refractivity contribution in [3.05, 3.63) is 42.8 Å². The number of hydrogen-bond donors (Lipinski definition) is 1. The van der Waals surface area contributed by atoms with Crippen LogP contribution < -0.4 is 5.48 Å². The Morgan fingerprint density at radius 1 is 1.18 bits per heavy atom. The van der Waals surface area contributed by atoms with Gasteiger partial charge in [0.15, 0.2) is 0 Å². The van der Waals surface area contributed by atoms with Crippen molar-refractivity contribution < 1.29 is 9.63 Å². The first-order chi connectivity index (χ1) is 8.33. The van der Waals surface area contributed by atoms with Gasteiger partial charge in [-0.2, -0.15) is 0 Å². The van der Waals surface area contributed by atoms with Crippen LogP contribution in [0.4, 0.5) is 0 Å². The van der Waals surface area contributed by atoms with Crippen molar-refractivity contribution in [2.45, 2.75) is 38.7 Å². The van der Waals surface area contributed by atoms with E-state index in [0.717, 1.165) is 31.2 Å². The van der Waals surface area contributed by atoms with Crippen LogP contribution in [0.2, 0.25) is 0 Å². The van der Waals surface area contributed by atoms with Gasteiger partial charge in [0.1, 0.15) is 0 Å². The van der Waals surface area contributed by atoms with Crippen molar-refractivity contribution in [1.82, 2.24) is 5.48 Å². The van der Waals surface area contributed by atoms with Gasteiger partial charge in [-0.25, -0.2) is 5.48 Å². The van der Waals surface area contributed by atoms with Gasteiger partial charge in [-0.05, 0) is 12.0 Å². The molecule has 17 heavy (non-hydrogen) atoms. The van der Waals surface area contributed by atoms with Gasteiger partial charge < -0.3 is 0 Å². The Kier molecular flexibility index (Phi) is 7.07. The smallest absolute Gasteiger partial charge is 0.243 e. The Hall–Kier alpha value is -1.35. The second kappa shape index (κ2) is 8.76. The molecule has 0 bridgehead atoms.